The third-order valence-corrected chi connectivity index (χ3v) is 6.07. The van der Waals surface area contributed by atoms with E-state index in [4.69, 9.17) is 32.7 Å². The second-order valence-corrected chi connectivity index (χ2v) is 9.49. The van der Waals surface area contributed by atoms with E-state index in [1.807, 2.05) is 0 Å². The summed E-state index contributed by atoms with van der Waals surface area (Å²) in [7, 11) is 0. The van der Waals surface area contributed by atoms with Gasteiger partial charge in [0.25, 0.3) is 5.91 Å². The van der Waals surface area contributed by atoms with E-state index in [1.165, 1.54) is 48.7 Å². The third-order valence-electron chi connectivity index (χ3n) is 5.03. The molecule has 1 N–H and O–H groups in total. The smallest absolute Gasteiger partial charge is 0.343 e. The van der Waals surface area contributed by atoms with Crippen molar-refractivity contribution in [2.45, 2.75) is 0 Å². The molecule has 0 atom stereocenters. The standard InChI is InChI=1S/C28H17BrCl2N2O5/c29-21-8-1-17(2-9-21)26(34)33-32-16-20-7-14-24(37-27(35)18-3-10-22(30)11-4-18)15-25(20)38-28(36)19-5-12-23(31)13-6-19/h1-16H,(H,33,34)/b32-16-. The highest BCUT2D eigenvalue weighted by atomic mass is 79.9. The number of hydrazone groups is 1. The van der Waals surface area contributed by atoms with Gasteiger partial charge in [-0.3, -0.25) is 4.79 Å². The summed E-state index contributed by atoms with van der Waals surface area (Å²) in [6.45, 7) is 0. The highest BCUT2D eigenvalue weighted by molar-refractivity contribution is 9.10. The summed E-state index contributed by atoms with van der Waals surface area (Å²) in [5.74, 6) is -1.55. The van der Waals surface area contributed by atoms with Gasteiger partial charge in [-0.1, -0.05) is 39.1 Å². The molecule has 0 saturated carbocycles. The van der Waals surface area contributed by atoms with Gasteiger partial charge in [0.05, 0.1) is 17.3 Å². The maximum Gasteiger partial charge on any atom is 0.343 e. The van der Waals surface area contributed by atoms with Crippen LogP contribution in [0.5, 0.6) is 11.5 Å². The molecule has 38 heavy (non-hydrogen) atoms. The molecule has 0 unspecified atom stereocenters. The number of hydrogen-bond donors (Lipinski definition) is 1. The lowest BCUT2D eigenvalue weighted by molar-refractivity contribution is 0.0732. The molecule has 190 valence electrons. The average Bonchev–Trinajstić information content (AvgIpc) is 2.91. The summed E-state index contributed by atoms with van der Waals surface area (Å²) in [6.07, 6.45) is 1.31. The van der Waals surface area contributed by atoms with Crippen LogP contribution >= 0.6 is 39.1 Å². The Morgan fingerprint density at radius 1 is 0.711 bits per heavy atom. The summed E-state index contributed by atoms with van der Waals surface area (Å²) in [5.41, 5.74) is 3.71. The number of carbonyl (C=O) groups is 3. The molecule has 0 aliphatic carbocycles. The molecule has 0 radical (unpaired) electrons. The molecule has 0 heterocycles. The van der Waals surface area contributed by atoms with Gasteiger partial charge in [-0.05, 0) is 84.9 Å². The summed E-state index contributed by atoms with van der Waals surface area (Å²) in [6, 6.07) is 23.5. The normalized spacial score (nSPS) is 10.7. The predicted molar refractivity (Wildman–Crippen MR) is 148 cm³/mol. The van der Waals surface area contributed by atoms with E-state index in [0.29, 0.717) is 21.2 Å². The molecule has 0 aromatic heterocycles. The van der Waals surface area contributed by atoms with Gasteiger partial charge in [0.2, 0.25) is 0 Å². The monoisotopic (exact) mass is 610 g/mol. The molecule has 0 aliphatic rings. The maximum atomic E-state index is 12.8. The number of rotatable bonds is 7. The minimum atomic E-state index is -0.670. The van der Waals surface area contributed by atoms with Crippen molar-refractivity contribution in [3.63, 3.8) is 0 Å². The fourth-order valence-corrected chi connectivity index (χ4v) is 3.61. The molecular formula is C28H17BrCl2N2O5. The van der Waals surface area contributed by atoms with Gasteiger partial charge in [-0.25, -0.2) is 15.0 Å². The zero-order valence-electron chi connectivity index (χ0n) is 19.4. The van der Waals surface area contributed by atoms with Crippen molar-refractivity contribution >= 4 is 63.2 Å². The van der Waals surface area contributed by atoms with Crippen LogP contribution in [0, 0.1) is 0 Å². The predicted octanol–water partition coefficient (Wildman–Crippen LogP) is 6.96. The van der Waals surface area contributed by atoms with Crippen LogP contribution < -0.4 is 14.9 Å². The Kier molecular flexibility index (Phi) is 8.91. The molecule has 4 aromatic carbocycles. The third kappa shape index (κ3) is 7.29. The molecule has 7 nitrogen and oxygen atoms in total. The molecule has 10 heteroatoms. The Morgan fingerprint density at radius 3 is 1.82 bits per heavy atom. The van der Waals surface area contributed by atoms with E-state index in [0.717, 1.165) is 4.47 Å². The van der Waals surface area contributed by atoms with Crippen LogP contribution in [0.15, 0.2) is 101 Å². The number of amides is 1. The number of nitrogens with zero attached hydrogens (tertiary/aromatic N) is 1. The van der Waals surface area contributed by atoms with Crippen LogP contribution in [0.25, 0.3) is 0 Å². The van der Waals surface area contributed by atoms with Crippen molar-refractivity contribution < 1.29 is 23.9 Å². The Hall–Kier alpha value is -3.98. The fourth-order valence-electron chi connectivity index (χ4n) is 3.10. The SMILES string of the molecule is O=C(N/N=C\c1ccc(OC(=O)c2ccc(Cl)cc2)cc1OC(=O)c1ccc(Cl)cc1)c1ccc(Br)cc1. The molecule has 4 rings (SSSR count). The zero-order chi connectivity index (χ0) is 27.1. The quantitative estimate of drug-likeness (QED) is 0.106. The van der Waals surface area contributed by atoms with Crippen molar-refractivity contribution in [3.05, 3.63) is 128 Å². The first-order chi connectivity index (χ1) is 18.3. The minimum Gasteiger partial charge on any atom is -0.423 e. The van der Waals surface area contributed by atoms with Crippen LogP contribution in [0.4, 0.5) is 0 Å². The van der Waals surface area contributed by atoms with E-state index in [2.05, 4.69) is 26.5 Å². The summed E-state index contributed by atoms with van der Waals surface area (Å²) >= 11 is 15.1. The molecule has 0 fully saturated rings. The number of benzene rings is 4. The Balaban J connectivity index is 1.56. The first-order valence-electron chi connectivity index (χ1n) is 11.0. The molecule has 0 spiro atoms. The van der Waals surface area contributed by atoms with Crippen LogP contribution in [0.2, 0.25) is 10.0 Å². The lowest BCUT2D eigenvalue weighted by atomic mass is 10.2. The van der Waals surface area contributed by atoms with Crippen LogP contribution in [-0.4, -0.2) is 24.1 Å². The molecule has 1 amide bonds. The van der Waals surface area contributed by atoms with Gasteiger partial charge >= 0.3 is 11.9 Å². The van der Waals surface area contributed by atoms with Crippen LogP contribution in [0.1, 0.15) is 36.6 Å². The lowest BCUT2D eigenvalue weighted by Crippen LogP contribution is -2.17. The topological polar surface area (TPSA) is 94.1 Å². The molecular weight excluding hydrogens is 595 g/mol. The second-order valence-electron chi connectivity index (χ2n) is 7.70. The number of halogens is 3. The Labute approximate surface area is 236 Å². The number of ether oxygens (including phenoxy) is 2. The highest BCUT2D eigenvalue weighted by Crippen LogP contribution is 2.26. The first-order valence-corrected chi connectivity index (χ1v) is 12.5. The van der Waals surface area contributed by atoms with Crippen molar-refractivity contribution in [3.8, 4) is 11.5 Å². The van der Waals surface area contributed by atoms with Crippen molar-refractivity contribution in [1.82, 2.24) is 5.43 Å². The zero-order valence-corrected chi connectivity index (χ0v) is 22.5. The molecule has 4 aromatic rings. The van der Waals surface area contributed by atoms with Crippen molar-refractivity contribution in [2.75, 3.05) is 0 Å². The number of nitrogens with one attached hydrogen (secondary N) is 1. The van der Waals surface area contributed by atoms with Crippen molar-refractivity contribution in [2.24, 2.45) is 5.10 Å². The van der Waals surface area contributed by atoms with Gasteiger partial charge in [0, 0.05) is 31.7 Å². The van der Waals surface area contributed by atoms with Crippen LogP contribution in [-0.2, 0) is 0 Å². The number of carbonyl (C=O) groups excluding carboxylic acids is 3. The Bertz CT molecular complexity index is 1510. The maximum absolute atomic E-state index is 12.8. The Morgan fingerprint density at radius 2 is 1.24 bits per heavy atom. The van der Waals surface area contributed by atoms with Gasteiger partial charge < -0.3 is 9.47 Å². The van der Waals surface area contributed by atoms with Crippen LogP contribution in [0.3, 0.4) is 0 Å². The molecule has 0 aliphatic heterocycles. The lowest BCUT2D eigenvalue weighted by Gasteiger charge is -2.11. The van der Waals surface area contributed by atoms with E-state index in [9.17, 15) is 14.4 Å². The van der Waals surface area contributed by atoms with Gasteiger partial charge in [-0.15, -0.1) is 0 Å². The van der Waals surface area contributed by atoms with Crippen molar-refractivity contribution in [1.29, 1.82) is 0 Å². The summed E-state index contributed by atoms with van der Waals surface area (Å²) < 4.78 is 11.8. The second kappa shape index (κ2) is 12.5. The number of esters is 2. The van der Waals surface area contributed by atoms with Gasteiger partial charge in [0.15, 0.2) is 0 Å². The summed E-state index contributed by atoms with van der Waals surface area (Å²) in [4.78, 5) is 37.6. The molecule has 0 bridgehead atoms. The number of hydrogen-bond acceptors (Lipinski definition) is 6. The average molecular weight is 612 g/mol. The minimum absolute atomic E-state index is 0.0491. The van der Waals surface area contributed by atoms with E-state index >= 15 is 0 Å². The van der Waals surface area contributed by atoms with E-state index < -0.39 is 17.8 Å². The summed E-state index contributed by atoms with van der Waals surface area (Å²) in [5, 5.41) is 4.92. The van der Waals surface area contributed by atoms with E-state index in [-0.39, 0.29) is 22.6 Å². The molecule has 0 saturated heterocycles. The van der Waals surface area contributed by atoms with Gasteiger partial charge in [-0.2, -0.15) is 5.10 Å². The highest BCUT2D eigenvalue weighted by Gasteiger charge is 2.15. The first kappa shape index (κ1) is 27.1. The van der Waals surface area contributed by atoms with E-state index in [1.54, 1.807) is 48.5 Å². The largest absolute Gasteiger partial charge is 0.423 e. The fraction of sp³-hybridized carbons (Fsp3) is 0. The van der Waals surface area contributed by atoms with Gasteiger partial charge in [0.1, 0.15) is 11.5 Å².